The number of hydrogen-bond acceptors (Lipinski definition) is 5. The molecule has 6 nitrogen and oxygen atoms in total. The number of ketones is 1. The van der Waals surface area contributed by atoms with E-state index in [1.54, 1.807) is 23.6 Å². The Hall–Kier alpha value is -2.41. The van der Waals surface area contributed by atoms with Crippen LogP contribution in [-0.4, -0.2) is 17.6 Å². The van der Waals surface area contributed by atoms with Crippen LogP contribution < -0.4 is 10.9 Å². The van der Waals surface area contributed by atoms with Crippen LogP contribution in [0, 0.1) is 0 Å². The maximum atomic E-state index is 11.7. The highest BCUT2D eigenvalue weighted by Gasteiger charge is 2.12. The minimum absolute atomic E-state index is 0.00910. The van der Waals surface area contributed by atoms with Crippen LogP contribution in [0.1, 0.15) is 33.1 Å². The fourth-order valence-electron chi connectivity index (χ4n) is 1.45. The van der Waals surface area contributed by atoms with E-state index in [0.29, 0.717) is 4.88 Å². The van der Waals surface area contributed by atoms with Crippen molar-refractivity contribution < 1.29 is 18.8 Å². The van der Waals surface area contributed by atoms with E-state index in [1.807, 2.05) is 0 Å². The molecule has 0 saturated heterocycles. The molecule has 2 aromatic heterocycles. The maximum Gasteiger partial charge on any atom is 0.305 e. The summed E-state index contributed by atoms with van der Waals surface area (Å²) in [6.07, 6.45) is 1.47. The number of thiophene rings is 1. The van der Waals surface area contributed by atoms with Crippen molar-refractivity contribution in [3.8, 4) is 0 Å². The first kappa shape index (κ1) is 14.0. The summed E-state index contributed by atoms with van der Waals surface area (Å²) in [5.41, 5.74) is 4.43. The molecule has 2 aromatic rings. The summed E-state index contributed by atoms with van der Waals surface area (Å²) in [5, 5.41) is 1.80. The number of carbonyl (C=O) groups is 3. The van der Waals surface area contributed by atoms with Gasteiger partial charge in [0.15, 0.2) is 11.5 Å². The van der Waals surface area contributed by atoms with E-state index in [1.165, 1.54) is 23.7 Å². The van der Waals surface area contributed by atoms with E-state index >= 15 is 0 Å². The van der Waals surface area contributed by atoms with Gasteiger partial charge in [-0.05, 0) is 23.6 Å². The predicted molar refractivity (Wildman–Crippen MR) is 72.2 cm³/mol. The monoisotopic (exact) mass is 292 g/mol. The van der Waals surface area contributed by atoms with E-state index < -0.39 is 11.8 Å². The molecule has 0 aliphatic rings. The highest BCUT2D eigenvalue weighted by molar-refractivity contribution is 7.12. The first-order valence-corrected chi connectivity index (χ1v) is 6.74. The van der Waals surface area contributed by atoms with Crippen molar-refractivity contribution in [2.45, 2.75) is 12.8 Å². The van der Waals surface area contributed by atoms with Crippen LogP contribution >= 0.6 is 11.3 Å². The lowest BCUT2D eigenvalue weighted by molar-refractivity contribution is -0.121. The molecule has 0 aromatic carbocycles. The Balaban J connectivity index is 1.71. The summed E-state index contributed by atoms with van der Waals surface area (Å²) in [5.74, 6) is -0.977. The third kappa shape index (κ3) is 3.79. The number of carbonyl (C=O) groups excluding carboxylic acids is 3. The number of amides is 2. The number of nitrogens with one attached hydrogen (secondary N) is 2. The quantitative estimate of drug-likeness (QED) is 0.649. The zero-order valence-electron chi connectivity index (χ0n) is 10.4. The summed E-state index contributed by atoms with van der Waals surface area (Å²) in [6.45, 7) is 0. The third-order valence-corrected chi connectivity index (χ3v) is 3.35. The van der Waals surface area contributed by atoms with Crippen LogP contribution in [0.25, 0.3) is 0 Å². The van der Waals surface area contributed by atoms with Gasteiger partial charge < -0.3 is 4.42 Å². The van der Waals surface area contributed by atoms with E-state index in [9.17, 15) is 14.4 Å². The first-order valence-electron chi connectivity index (χ1n) is 5.86. The second-order valence-electron chi connectivity index (χ2n) is 3.88. The van der Waals surface area contributed by atoms with Gasteiger partial charge in [-0.15, -0.1) is 11.3 Å². The number of hydrogen-bond donors (Lipinski definition) is 2. The Bertz CT molecular complexity index is 538. The summed E-state index contributed by atoms with van der Waals surface area (Å²) >= 11 is 1.34. The SMILES string of the molecule is O=C(CCC(=O)c1cccs1)NNC(=O)c1ccco1. The van der Waals surface area contributed by atoms with Gasteiger partial charge in [0, 0.05) is 12.8 Å². The van der Waals surface area contributed by atoms with Gasteiger partial charge in [0.05, 0.1) is 11.1 Å². The van der Waals surface area contributed by atoms with Crippen LogP contribution in [0.5, 0.6) is 0 Å². The van der Waals surface area contributed by atoms with Gasteiger partial charge in [0.25, 0.3) is 0 Å². The highest BCUT2D eigenvalue weighted by atomic mass is 32.1. The van der Waals surface area contributed by atoms with Gasteiger partial charge in [-0.2, -0.15) is 0 Å². The average molecular weight is 292 g/mol. The fraction of sp³-hybridized carbons (Fsp3) is 0.154. The maximum absolute atomic E-state index is 11.7. The average Bonchev–Trinajstić information content (AvgIpc) is 3.14. The van der Waals surface area contributed by atoms with Crippen LogP contribution in [0.2, 0.25) is 0 Å². The van der Waals surface area contributed by atoms with Crippen LogP contribution in [-0.2, 0) is 4.79 Å². The van der Waals surface area contributed by atoms with Gasteiger partial charge in [0.1, 0.15) is 0 Å². The van der Waals surface area contributed by atoms with Crippen molar-refractivity contribution in [3.63, 3.8) is 0 Å². The normalized spacial score (nSPS) is 10.0. The van der Waals surface area contributed by atoms with Crippen molar-refractivity contribution in [2.24, 2.45) is 0 Å². The number of furan rings is 1. The molecule has 20 heavy (non-hydrogen) atoms. The van der Waals surface area contributed by atoms with E-state index in [0.717, 1.165) is 0 Å². The van der Waals surface area contributed by atoms with Crippen LogP contribution in [0.15, 0.2) is 40.3 Å². The van der Waals surface area contributed by atoms with Crippen molar-refractivity contribution in [1.82, 2.24) is 10.9 Å². The first-order chi connectivity index (χ1) is 9.66. The molecule has 0 atom stereocenters. The Labute approximate surface area is 118 Å². The lowest BCUT2D eigenvalue weighted by Gasteiger charge is -2.05. The molecule has 0 aliphatic heterocycles. The van der Waals surface area contributed by atoms with Crippen molar-refractivity contribution in [1.29, 1.82) is 0 Å². The largest absolute Gasteiger partial charge is 0.459 e. The summed E-state index contributed by atoms with van der Waals surface area (Å²) in [7, 11) is 0. The molecular formula is C13H12N2O4S. The van der Waals surface area contributed by atoms with Crippen molar-refractivity contribution in [3.05, 3.63) is 46.5 Å². The molecule has 7 heteroatoms. The number of hydrazine groups is 1. The Morgan fingerprint density at radius 2 is 1.95 bits per heavy atom. The van der Waals surface area contributed by atoms with E-state index in [4.69, 9.17) is 4.42 Å². The van der Waals surface area contributed by atoms with Gasteiger partial charge in [-0.25, -0.2) is 0 Å². The minimum atomic E-state index is -0.548. The topological polar surface area (TPSA) is 88.4 Å². The zero-order valence-corrected chi connectivity index (χ0v) is 11.2. The predicted octanol–water partition coefficient (Wildman–Crippen LogP) is 1.77. The number of rotatable bonds is 5. The zero-order chi connectivity index (χ0) is 14.4. The number of Topliss-reactive ketones (excluding diaryl/α,β-unsaturated/α-hetero) is 1. The molecule has 2 N–H and O–H groups in total. The highest BCUT2D eigenvalue weighted by Crippen LogP contribution is 2.12. The molecule has 0 saturated carbocycles. The Morgan fingerprint density at radius 3 is 2.60 bits per heavy atom. The van der Waals surface area contributed by atoms with Gasteiger partial charge >= 0.3 is 5.91 Å². The van der Waals surface area contributed by atoms with Crippen LogP contribution in [0.3, 0.4) is 0 Å². The molecule has 2 rings (SSSR count). The van der Waals surface area contributed by atoms with Gasteiger partial charge in [-0.1, -0.05) is 6.07 Å². The summed E-state index contributed by atoms with van der Waals surface area (Å²) < 4.78 is 4.86. The lowest BCUT2D eigenvalue weighted by Crippen LogP contribution is -2.41. The molecule has 0 unspecified atom stereocenters. The second kappa shape index (κ2) is 6.67. The van der Waals surface area contributed by atoms with Crippen LogP contribution in [0.4, 0.5) is 0 Å². The molecule has 0 radical (unpaired) electrons. The molecule has 2 heterocycles. The van der Waals surface area contributed by atoms with Crippen molar-refractivity contribution in [2.75, 3.05) is 0 Å². The molecule has 2 amide bonds. The molecule has 104 valence electrons. The molecule has 0 spiro atoms. The third-order valence-electron chi connectivity index (χ3n) is 2.44. The van der Waals surface area contributed by atoms with Crippen molar-refractivity contribution >= 4 is 28.9 Å². The molecule has 0 bridgehead atoms. The fourth-order valence-corrected chi connectivity index (χ4v) is 2.14. The Kier molecular flexibility index (Phi) is 4.67. The second-order valence-corrected chi connectivity index (χ2v) is 4.83. The van der Waals surface area contributed by atoms with E-state index in [2.05, 4.69) is 10.9 Å². The molecule has 0 fully saturated rings. The van der Waals surface area contributed by atoms with Gasteiger partial charge in [0.2, 0.25) is 5.91 Å². The Morgan fingerprint density at radius 1 is 1.10 bits per heavy atom. The minimum Gasteiger partial charge on any atom is -0.459 e. The molecular weight excluding hydrogens is 280 g/mol. The summed E-state index contributed by atoms with van der Waals surface area (Å²) in [6, 6.07) is 6.53. The van der Waals surface area contributed by atoms with Gasteiger partial charge in [-0.3, -0.25) is 25.2 Å². The lowest BCUT2D eigenvalue weighted by atomic mass is 10.2. The summed E-state index contributed by atoms with van der Waals surface area (Å²) in [4.78, 5) is 35.2. The molecule has 0 aliphatic carbocycles. The standard InChI is InChI=1S/C13H12N2O4S/c16-9(11-4-2-8-20-11)5-6-12(17)14-15-13(18)10-3-1-7-19-10/h1-4,7-8H,5-6H2,(H,14,17)(H,15,18). The van der Waals surface area contributed by atoms with E-state index in [-0.39, 0.29) is 24.4 Å². The smallest absolute Gasteiger partial charge is 0.305 e.